The van der Waals surface area contributed by atoms with Crippen LogP contribution >= 0.6 is 0 Å². The SMILES string of the molecule is CC(=O)c1ccc(S(=O)(=O)c2ccccc2[N+](=O)[O-])c(S(=O)(=O)O)c1. The molecule has 0 spiro atoms. The zero-order valence-corrected chi connectivity index (χ0v) is 14.2. The lowest BCUT2D eigenvalue weighted by Gasteiger charge is -2.10. The number of nitro groups is 1. The van der Waals surface area contributed by atoms with Crippen molar-refractivity contribution in [3.8, 4) is 0 Å². The minimum Gasteiger partial charge on any atom is -0.295 e. The molecule has 0 saturated carbocycles. The zero-order chi connectivity index (χ0) is 19.0. The lowest BCUT2D eigenvalue weighted by molar-refractivity contribution is -0.387. The molecule has 0 amide bonds. The number of hydrogen-bond acceptors (Lipinski definition) is 7. The summed E-state index contributed by atoms with van der Waals surface area (Å²) in [4.78, 5) is 18.9. The summed E-state index contributed by atoms with van der Waals surface area (Å²) in [5.74, 6) is -0.556. The maximum Gasteiger partial charge on any atom is 0.295 e. The zero-order valence-electron chi connectivity index (χ0n) is 12.6. The second-order valence-corrected chi connectivity index (χ2v) is 8.20. The molecule has 25 heavy (non-hydrogen) atoms. The van der Waals surface area contributed by atoms with Gasteiger partial charge in [-0.2, -0.15) is 8.42 Å². The topological polar surface area (TPSA) is 149 Å². The number of carbonyl (C=O) groups is 1. The molecule has 0 aliphatic carbocycles. The average Bonchev–Trinajstić information content (AvgIpc) is 2.53. The number of hydrogen-bond donors (Lipinski definition) is 1. The first-order chi connectivity index (χ1) is 11.5. The fraction of sp³-hybridized carbons (Fsp3) is 0.0714. The van der Waals surface area contributed by atoms with Gasteiger partial charge in [-0.15, -0.1) is 0 Å². The maximum atomic E-state index is 12.7. The Morgan fingerprint density at radius 2 is 1.60 bits per heavy atom. The van der Waals surface area contributed by atoms with E-state index in [0.29, 0.717) is 6.07 Å². The highest BCUT2D eigenvalue weighted by Gasteiger charge is 2.32. The molecule has 0 atom stereocenters. The highest BCUT2D eigenvalue weighted by Crippen LogP contribution is 2.33. The number of nitrogens with zero attached hydrogens (tertiary/aromatic N) is 1. The highest BCUT2D eigenvalue weighted by molar-refractivity contribution is 7.93. The predicted molar refractivity (Wildman–Crippen MR) is 84.8 cm³/mol. The summed E-state index contributed by atoms with van der Waals surface area (Å²) in [6.07, 6.45) is 0. The predicted octanol–water partition coefficient (Wildman–Crippen LogP) is 1.88. The summed E-state index contributed by atoms with van der Waals surface area (Å²) in [6.45, 7) is 1.12. The van der Waals surface area contributed by atoms with E-state index < -0.39 is 51.0 Å². The molecule has 0 radical (unpaired) electrons. The average molecular weight is 385 g/mol. The van der Waals surface area contributed by atoms with E-state index in [-0.39, 0.29) is 5.56 Å². The minimum absolute atomic E-state index is 0.144. The third kappa shape index (κ3) is 3.57. The van der Waals surface area contributed by atoms with Crippen molar-refractivity contribution in [3.63, 3.8) is 0 Å². The number of para-hydroxylation sites is 1. The standard InChI is InChI=1S/C14H11NO8S2/c1-9(16)10-6-7-13(14(8-10)25(21,22)23)24(19,20)12-5-3-2-4-11(12)15(17)18/h2-8H,1H3,(H,21,22,23). The van der Waals surface area contributed by atoms with Crippen LogP contribution in [0.4, 0.5) is 5.69 Å². The number of benzene rings is 2. The van der Waals surface area contributed by atoms with Crippen molar-refractivity contribution in [2.24, 2.45) is 0 Å². The van der Waals surface area contributed by atoms with Crippen LogP contribution in [-0.2, 0) is 20.0 Å². The molecule has 132 valence electrons. The van der Waals surface area contributed by atoms with Gasteiger partial charge in [-0.05, 0) is 25.1 Å². The number of ketones is 1. The van der Waals surface area contributed by atoms with Crippen molar-refractivity contribution in [1.29, 1.82) is 0 Å². The summed E-state index contributed by atoms with van der Waals surface area (Å²) in [5, 5.41) is 11.1. The first-order valence-corrected chi connectivity index (χ1v) is 9.49. The Kier molecular flexibility index (Phi) is 4.75. The fourth-order valence-electron chi connectivity index (χ4n) is 2.10. The fourth-order valence-corrected chi connectivity index (χ4v) is 4.83. The van der Waals surface area contributed by atoms with Crippen molar-refractivity contribution in [2.75, 3.05) is 0 Å². The van der Waals surface area contributed by atoms with Gasteiger partial charge in [-0.25, -0.2) is 8.42 Å². The molecule has 1 N–H and O–H groups in total. The monoisotopic (exact) mass is 385 g/mol. The van der Waals surface area contributed by atoms with E-state index in [4.69, 9.17) is 0 Å². The molecule has 2 aromatic rings. The number of nitro benzene ring substituents is 1. The molecule has 9 nitrogen and oxygen atoms in total. The highest BCUT2D eigenvalue weighted by atomic mass is 32.2. The van der Waals surface area contributed by atoms with Crippen LogP contribution in [0.5, 0.6) is 0 Å². The van der Waals surface area contributed by atoms with Gasteiger partial charge in [0.05, 0.1) is 9.82 Å². The molecule has 0 aromatic heterocycles. The molecule has 0 unspecified atom stereocenters. The Bertz CT molecular complexity index is 1090. The Morgan fingerprint density at radius 3 is 2.12 bits per heavy atom. The van der Waals surface area contributed by atoms with Crippen molar-refractivity contribution in [2.45, 2.75) is 21.6 Å². The smallest absolute Gasteiger partial charge is 0.295 e. The van der Waals surface area contributed by atoms with Crippen LogP contribution in [0.15, 0.2) is 57.2 Å². The van der Waals surface area contributed by atoms with Gasteiger partial charge in [-0.1, -0.05) is 18.2 Å². The van der Waals surface area contributed by atoms with E-state index in [0.717, 1.165) is 31.2 Å². The second-order valence-electron chi connectivity index (χ2n) is 4.92. The molecule has 0 aliphatic rings. The van der Waals surface area contributed by atoms with Crippen LogP contribution in [0, 0.1) is 10.1 Å². The second kappa shape index (κ2) is 6.35. The summed E-state index contributed by atoms with van der Waals surface area (Å²) in [7, 11) is -9.68. The molecule has 0 saturated heterocycles. The van der Waals surface area contributed by atoms with Gasteiger partial charge in [0.1, 0.15) is 9.79 Å². The van der Waals surface area contributed by atoms with Gasteiger partial charge in [0.15, 0.2) is 5.78 Å². The first kappa shape index (κ1) is 18.7. The number of Topliss-reactive ketones (excluding diaryl/α,β-unsaturated/α-hetero) is 1. The van der Waals surface area contributed by atoms with Crippen molar-refractivity contribution >= 4 is 31.4 Å². The van der Waals surface area contributed by atoms with Crippen LogP contribution in [-0.4, -0.2) is 32.1 Å². The van der Waals surface area contributed by atoms with E-state index in [1.54, 1.807) is 0 Å². The van der Waals surface area contributed by atoms with Gasteiger partial charge < -0.3 is 0 Å². The Labute approximate surface area is 142 Å². The van der Waals surface area contributed by atoms with Crippen LogP contribution < -0.4 is 0 Å². The van der Waals surface area contributed by atoms with E-state index >= 15 is 0 Å². The van der Waals surface area contributed by atoms with Gasteiger partial charge in [0.2, 0.25) is 9.84 Å². The molecule has 0 fully saturated rings. The molecule has 0 heterocycles. The van der Waals surface area contributed by atoms with Crippen LogP contribution in [0.25, 0.3) is 0 Å². The number of rotatable bonds is 5. The normalized spacial score (nSPS) is 11.9. The third-order valence-corrected chi connectivity index (χ3v) is 6.15. The van der Waals surface area contributed by atoms with Crippen LogP contribution in [0.2, 0.25) is 0 Å². The van der Waals surface area contributed by atoms with Gasteiger partial charge >= 0.3 is 0 Å². The van der Waals surface area contributed by atoms with Gasteiger partial charge in [0, 0.05) is 11.6 Å². The number of carbonyl (C=O) groups excluding carboxylic acids is 1. The summed E-state index contributed by atoms with van der Waals surface area (Å²) >= 11 is 0. The van der Waals surface area contributed by atoms with Crippen molar-refractivity contribution in [1.82, 2.24) is 0 Å². The lowest BCUT2D eigenvalue weighted by Crippen LogP contribution is -2.12. The Balaban J connectivity index is 2.86. The Hall–Kier alpha value is -2.63. The molecular formula is C14H11NO8S2. The van der Waals surface area contributed by atoms with Crippen molar-refractivity contribution in [3.05, 3.63) is 58.1 Å². The maximum absolute atomic E-state index is 12.7. The minimum atomic E-state index is -5.01. The molecule has 11 heteroatoms. The van der Waals surface area contributed by atoms with E-state index in [1.807, 2.05) is 0 Å². The van der Waals surface area contributed by atoms with Gasteiger partial charge in [-0.3, -0.25) is 19.5 Å². The Morgan fingerprint density at radius 1 is 1.00 bits per heavy atom. The quantitative estimate of drug-likeness (QED) is 0.355. The molecule has 0 bridgehead atoms. The van der Waals surface area contributed by atoms with Crippen LogP contribution in [0.1, 0.15) is 17.3 Å². The molecule has 2 rings (SSSR count). The summed E-state index contributed by atoms with van der Waals surface area (Å²) < 4.78 is 58.0. The van der Waals surface area contributed by atoms with Gasteiger partial charge in [0.25, 0.3) is 15.8 Å². The number of sulfone groups is 1. The summed E-state index contributed by atoms with van der Waals surface area (Å²) in [5.41, 5.74) is -0.895. The van der Waals surface area contributed by atoms with Crippen molar-refractivity contribution < 1.29 is 31.1 Å². The molecular weight excluding hydrogens is 374 g/mol. The van der Waals surface area contributed by atoms with Crippen LogP contribution in [0.3, 0.4) is 0 Å². The van der Waals surface area contributed by atoms with E-state index in [2.05, 4.69) is 0 Å². The van der Waals surface area contributed by atoms with E-state index in [1.165, 1.54) is 12.1 Å². The summed E-state index contributed by atoms with van der Waals surface area (Å²) in [6, 6.07) is 6.95. The molecule has 2 aromatic carbocycles. The molecule has 0 aliphatic heterocycles. The largest absolute Gasteiger partial charge is 0.295 e. The third-order valence-electron chi connectivity index (χ3n) is 3.27. The van der Waals surface area contributed by atoms with E-state index in [9.17, 15) is 36.3 Å². The lowest BCUT2D eigenvalue weighted by atomic mass is 10.1. The first-order valence-electron chi connectivity index (χ1n) is 6.57.